The molecule has 3 rings (SSSR count). The first-order valence-corrected chi connectivity index (χ1v) is 7.61. The number of aromatic nitrogens is 4. The molecule has 0 spiro atoms. The fraction of sp³-hybridized carbons (Fsp3) is 0.125. The third-order valence-corrected chi connectivity index (χ3v) is 3.66. The molecule has 0 bridgehead atoms. The molecule has 1 amide bonds. The van der Waals surface area contributed by atoms with Crippen LogP contribution in [0.15, 0.2) is 41.2 Å². The van der Waals surface area contributed by atoms with Crippen LogP contribution in [0.1, 0.15) is 6.92 Å². The second kappa shape index (κ2) is 7.02. The average Bonchev–Trinajstić information content (AvgIpc) is 3.00. The van der Waals surface area contributed by atoms with Gasteiger partial charge in [0.2, 0.25) is 0 Å². The maximum Gasteiger partial charge on any atom is 0.377 e. The molecule has 0 atom stereocenters. The molecule has 3 aromatic rings. The van der Waals surface area contributed by atoms with E-state index < -0.39 is 46.4 Å². The number of rotatable bonds is 3. The van der Waals surface area contributed by atoms with E-state index in [1.54, 1.807) is 0 Å². The van der Waals surface area contributed by atoms with Crippen molar-refractivity contribution in [1.82, 2.24) is 19.8 Å². The summed E-state index contributed by atoms with van der Waals surface area (Å²) in [5.74, 6) is -3.91. The largest absolute Gasteiger partial charge is 0.377 e. The molecule has 7 nitrogen and oxygen atoms in total. The Bertz CT molecular complexity index is 1060. The molecule has 1 heterocycles. The van der Waals surface area contributed by atoms with E-state index in [0.717, 1.165) is 41.3 Å². The zero-order valence-electron chi connectivity index (χ0n) is 13.7. The number of nitrogens with zero attached hydrogens (tertiary/aromatic N) is 5. The molecule has 0 aliphatic rings. The van der Waals surface area contributed by atoms with Crippen molar-refractivity contribution in [2.45, 2.75) is 6.92 Å². The van der Waals surface area contributed by atoms with Gasteiger partial charge in [0.15, 0.2) is 11.6 Å². The van der Waals surface area contributed by atoms with Gasteiger partial charge in [-0.25, -0.2) is 27.2 Å². The number of hydrogen-bond acceptors (Lipinski definition) is 4. The summed E-state index contributed by atoms with van der Waals surface area (Å²) < 4.78 is 55.5. The zero-order valence-corrected chi connectivity index (χ0v) is 13.7. The number of hydrogen-bond donors (Lipinski definition) is 0. The van der Waals surface area contributed by atoms with Gasteiger partial charge in [0.25, 0.3) is 0 Å². The van der Waals surface area contributed by atoms with E-state index in [1.165, 1.54) is 6.92 Å². The molecule has 0 N–H and O–H groups in total. The van der Waals surface area contributed by atoms with Crippen LogP contribution in [0.4, 0.5) is 28.0 Å². The molecule has 0 fully saturated rings. The van der Waals surface area contributed by atoms with Gasteiger partial charge in [-0.1, -0.05) is 6.07 Å². The van der Waals surface area contributed by atoms with Gasteiger partial charge in [-0.2, -0.15) is 4.68 Å². The topological polar surface area (TPSA) is 73.0 Å². The lowest BCUT2D eigenvalue weighted by molar-refractivity contribution is 0.244. The minimum absolute atomic E-state index is 0.146. The normalized spacial score (nSPS) is 10.9. The van der Waals surface area contributed by atoms with Crippen LogP contribution in [-0.2, 0) is 0 Å². The first kappa shape index (κ1) is 18.3. The van der Waals surface area contributed by atoms with Crippen molar-refractivity contribution in [3.05, 3.63) is 70.2 Å². The van der Waals surface area contributed by atoms with E-state index in [-0.39, 0.29) is 15.9 Å². The minimum atomic E-state index is -1.28. The van der Waals surface area contributed by atoms with Gasteiger partial charge in [-0.3, -0.25) is 4.90 Å². The number of para-hydroxylation sites is 1. The summed E-state index contributed by atoms with van der Waals surface area (Å²) in [6.45, 7) is 1.31. The first-order chi connectivity index (χ1) is 12.8. The van der Waals surface area contributed by atoms with Crippen LogP contribution >= 0.6 is 0 Å². The van der Waals surface area contributed by atoms with E-state index in [4.69, 9.17) is 0 Å². The van der Waals surface area contributed by atoms with Crippen LogP contribution in [-0.4, -0.2) is 32.4 Å². The summed E-state index contributed by atoms with van der Waals surface area (Å²) >= 11 is 0. The highest BCUT2D eigenvalue weighted by molar-refractivity contribution is 5.92. The van der Waals surface area contributed by atoms with Gasteiger partial charge >= 0.3 is 11.7 Å². The SMILES string of the molecule is CCN(C(=O)n1nnn(-c2c(F)cccc2F)c1=O)c1cc(F)ccc1F. The number of tetrazole rings is 1. The fourth-order valence-corrected chi connectivity index (χ4v) is 2.41. The van der Waals surface area contributed by atoms with Gasteiger partial charge in [-0.15, -0.1) is 4.68 Å². The summed E-state index contributed by atoms with van der Waals surface area (Å²) in [7, 11) is 0. The summed E-state index contributed by atoms with van der Waals surface area (Å²) in [6.07, 6.45) is 0. The molecule has 0 saturated heterocycles. The molecule has 2 aromatic carbocycles. The third-order valence-electron chi connectivity index (χ3n) is 3.66. The molecule has 0 aliphatic heterocycles. The molecule has 0 unspecified atom stereocenters. The van der Waals surface area contributed by atoms with Gasteiger partial charge in [0.1, 0.15) is 17.3 Å². The molecule has 0 radical (unpaired) electrons. The maximum atomic E-state index is 14.0. The number of anilines is 1. The van der Waals surface area contributed by atoms with Crippen molar-refractivity contribution >= 4 is 11.7 Å². The predicted molar refractivity (Wildman–Crippen MR) is 85.7 cm³/mol. The van der Waals surface area contributed by atoms with Crippen LogP contribution in [0.25, 0.3) is 5.69 Å². The van der Waals surface area contributed by atoms with Crippen LogP contribution in [0.2, 0.25) is 0 Å². The fourth-order valence-electron chi connectivity index (χ4n) is 2.41. The molecule has 0 aliphatic carbocycles. The molecule has 1 aromatic heterocycles. The van der Waals surface area contributed by atoms with Crippen LogP contribution in [0.5, 0.6) is 0 Å². The molecule has 0 saturated carbocycles. The number of amides is 1. The summed E-state index contributed by atoms with van der Waals surface area (Å²) in [6, 6.07) is 4.15. The Kier molecular flexibility index (Phi) is 4.75. The number of carbonyl (C=O) groups is 1. The summed E-state index contributed by atoms with van der Waals surface area (Å²) in [5.41, 5.74) is -2.53. The molecule has 27 heavy (non-hydrogen) atoms. The summed E-state index contributed by atoms with van der Waals surface area (Å²) in [5, 5.41) is 6.60. The Hall–Kier alpha value is -3.50. The third kappa shape index (κ3) is 3.18. The average molecular weight is 381 g/mol. The Morgan fingerprint density at radius 3 is 2.33 bits per heavy atom. The highest BCUT2D eigenvalue weighted by Gasteiger charge is 2.26. The van der Waals surface area contributed by atoms with Crippen molar-refractivity contribution in [3.8, 4) is 5.69 Å². The van der Waals surface area contributed by atoms with Crippen LogP contribution < -0.4 is 10.6 Å². The van der Waals surface area contributed by atoms with Gasteiger partial charge in [0, 0.05) is 12.6 Å². The first-order valence-electron chi connectivity index (χ1n) is 7.61. The Morgan fingerprint density at radius 2 is 1.70 bits per heavy atom. The molecular formula is C16H11F4N5O2. The molecular weight excluding hydrogens is 370 g/mol. The highest BCUT2D eigenvalue weighted by atomic mass is 19.1. The van der Waals surface area contributed by atoms with Crippen molar-refractivity contribution in [2.75, 3.05) is 11.4 Å². The van der Waals surface area contributed by atoms with Gasteiger partial charge in [-0.05, 0) is 41.6 Å². The number of carbonyl (C=O) groups excluding carboxylic acids is 1. The van der Waals surface area contributed by atoms with Gasteiger partial charge < -0.3 is 0 Å². The summed E-state index contributed by atoms with van der Waals surface area (Å²) in [4.78, 5) is 25.7. The highest BCUT2D eigenvalue weighted by Crippen LogP contribution is 2.21. The van der Waals surface area contributed by atoms with Gasteiger partial charge in [0.05, 0.1) is 5.69 Å². The van der Waals surface area contributed by atoms with E-state index in [2.05, 4.69) is 10.4 Å². The second-order valence-electron chi connectivity index (χ2n) is 5.28. The minimum Gasteiger partial charge on any atom is -0.290 e. The van der Waals surface area contributed by atoms with Crippen LogP contribution in [0, 0.1) is 23.3 Å². The lowest BCUT2D eigenvalue weighted by Gasteiger charge is -2.20. The van der Waals surface area contributed by atoms with Crippen molar-refractivity contribution in [1.29, 1.82) is 0 Å². The van der Waals surface area contributed by atoms with E-state index in [9.17, 15) is 27.2 Å². The van der Waals surface area contributed by atoms with E-state index >= 15 is 0 Å². The predicted octanol–water partition coefficient (Wildman–Crippen LogP) is 2.48. The quantitative estimate of drug-likeness (QED) is 0.516. The van der Waals surface area contributed by atoms with Crippen molar-refractivity contribution in [3.63, 3.8) is 0 Å². The van der Waals surface area contributed by atoms with E-state index in [0.29, 0.717) is 0 Å². The smallest absolute Gasteiger partial charge is 0.290 e. The number of benzene rings is 2. The van der Waals surface area contributed by atoms with Crippen molar-refractivity contribution < 1.29 is 22.4 Å². The maximum absolute atomic E-state index is 14.0. The Morgan fingerprint density at radius 1 is 1.04 bits per heavy atom. The Labute approximate surface area is 149 Å². The second-order valence-corrected chi connectivity index (χ2v) is 5.28. The molecule has 140 valence electrons. The number of halogens is 4. The van der Waals surface area contributed by atoms with Crippen LogP contribution in [0.3, 0.4) is 0 Å². The zero-order chi connectivity index (χ0) is 19.7. The standard InChI is InChI=1S/C16H11F4N5O2/c1-2-23(13-8-9(17)6-7-10(13)18)15(26)25-16(27)24(21-22-25)14-11(19)4-3-5-12(14)20/h3-8H,2H2,1H3. The lowest BCUT2D eigenvalue weighted by Crippen LogP contribution is -2.41. The van der Waals surface area contributed by atoms with E-state index in [1.807, 2.05) is 0 Å². The van der Waals surface area contributed by atoms with Crippen molar-refractivity contribution in [2.24, 2.45) is 0 Å². The Balaban J connectivity index is 2.07. The monoisotopic (exact) mass is 381 g/mol. The molecule has 11 heteroatoms. The lowest BCUT2D eigenvalue weighted by atomic mass is 10.2.